The lowest BCUT2D eigenvalue weighted by atomic mass is 10.1. The summed E-state index contributed by atoms with van der Waals surface area (Å²) in [6.45, 7) is 2.29. The van der Waals surface area contributed by atoms with Gasteiger partial charge in [0.1, 0.15) is 5.82 Å². The molecule has 1 aliphatic heterocycles. The van der Waals surface area contributed by atoms with Crippen LogP contribution in [0.15, 0.2) is 18.5 Å². The Morgan fingerprint density at radius 2 is 2.16 bits per heavy atom. The highest BCUT2D eigenvalue weighted by Gasteiger charge is 2.33. The summed E-state index contributed by atoms with van der Waals surface area (Å²) in [6, 6.07) is 1.27. The van der Waals surface area contributed by atoms with Crippen LogP contribution < -0.4 is 16.0 Å². The number of halogens is 4. The van der Waals surface area contributed by atoms with E-state index in [0.717, 1.165) is 48.2 Å². The van der Waals surface area contributed by atoms with Crippen molar-refractivity contribution in [2.24, 2.45) is 0 Å². The predicted molar refractivity (Wildman–Crippen MR) is 93.2 cm³/mol. The Bertz CT molecular complexity index is 715. The van der Waals surface area contributed by atoms with Gasteiger partial charge in [-0.1, -0.05) is 11.6 Å². The van der Waals surface area contributed by atoms with Crippen LogP contribution in [-0.2, 0) is 12.7 Å². The number of alkyl halides is 3. The molecule has 3 N–H and O–H groups in total. The second-order valence-electron chi connectivity index (χ2n) is 5.72. The van der Waals surface area contributed by atoms with Crippen LogP contribution in [0.25, 0.3) is 0 Å². The SMILES string of the molecule is FC(F)(F)c1cc(NCc2cnc(N[C@@H]3CCCNC3)s2)ncc1Cl. The highest BCUT2D eigenvalue weighted by Crippen LogP contribution is 2.35. The Kier molecular flexibility index (Phi) is 5.65. The minimum Gasteiger partial charge on any atom is -0.365 e. The number of thiazole rings is 1. The first kappa shape index (κ1) is 18.2. The van der Waals surface area contributed by atoms with E-state index in [1.807, 2.05) is 0 Å². The van der Waals surface area contributed by atoms with Crippen molar-refractivity contribution in [3.8, 4) is 0 Å². The molecule has 0 saturated carbocycles. The van der Waals surface area contributed by atoms with Crippen molar-refractivity contribution in [3.05, 3.63) is 33.9 Å². The third-order valence-corrected chi connectivity index (χ3v) is 5.01. The number of anilines is 2. The third kappa shape index (κ3) is 4.96. The first-order valence-electron chi connectivity index (χ1n) is 7.80. The Hall–Kier alpha value is -1.58. The van der Waals surface area contributed by atoms with Crippen molar-refractivity contribution in [1.29, 1.82) is 0 Å². The summed E-state index contributed by atoms with van der Waals surface area (Å²) in [7, 11) is 0. The van der Waals surface area contributed by atoms with Gasteiger partial charge in [0, 0.05) is 29.9 Å². The van der Waals surface area contributed by atoms with Crippen LogP contribution >= 0.6 is 22.9 Å². The zero-order chi connectivity index (χ0) is 17.9. The van der Waals surface area contributed by atoms with Gasteiger partial charge in [0.25, 0.3) is 0 Å². The van der Waals surface area contributed by atoms with Crippen molar-refractivity contribution in [1.82, 2.24) is 15.3 Å². The molecule has 136 valence electrons. The molecule has 0 radical (unpaired) electrons. The average Bonchev–Trinajstić information content (AvgIpc) is 3.01. The van der Waals surface area contributed by atoms with Crippen LogP contribution in [0.1, 0.15) is 23.3 Å². The molecule has 0 bridgehead atoms. The van der Waals surface area contributed by atoms with Gasteiger partial charge < -0.3 is 16.0 Å². The highest BCUT2D eigenvalue weighted by atomic mass is 35.5. The molecule has 3 rings (SSSR count). The van der Waals surface area contributed by atoms with Gasteiger partial charge in [0.05, 0.1) is 17.1 Å². The first-order chi connectivity index (χ1) is 11.9. The third-order valence-electron chi connectivity index (χ3n) is 3.78. The molecule has 25 heavy (non-hydrogen) atoms. The van der Waals surface area contributed by atoms with Crippen LogP contribution in [0.2, 0.25) is 5.02 Å². The fourth-order valence-corrected chi connectivity index (χ4v) is 3.58. The number of piperidine rings is 1. The molecule has 3 heterocycles. The molecule has 0 aromatic carbocycles. The quantitative estimate of drug-likeness (QED) is 0.719. The van der Waals surface area contributed by atoms with Crippen molar-refractivity contribution in [2.45, 2.75) is 31.6 Å². The number of aromatic nitrogens is 2. The minimum atomic E-state index is -4.51. The van der Waals surface area contributed by atoms with Crippen molar-refractivity contribution >= 4 is 33.9 Å². The highest BCUT2D eigenvalue weighted by molar-refractivity contribution is 7.15. The minimum absolute atomic E-state index is 0.121. The zero-order valence-corrected chi connectivity index (χ0v) is 14.7. The smallest absolute Gasteiger partial charge is 0.365 e. The van der Waals surface area contributed by atoms with Gasteiger partial charge in [-0.05, 0) is 25.5 Å². The van der Waals surface area contributed by atoms with E-state index in [2.05, 4.69) is 25.9 Å². The number of nitrogens with zero attached hydrogens (tertiary/aromatic N) is 2. The summed E-state index contributed by atoms with van der Waals surface area (Å²) in [5.41, 5.74) is -0.900. The monoisotopic (exact) mass is 391 g/mol. The Balaban J connectivity index is 1.59. The second kappa shape index (κ2) is 7.76. The number of rotatable bonds is 5. The van der Waals surface area contributed by atoms with Gasteiger partial charge in [0.2, 0.25) is 0 Å². The van der Waals surface area contributed by atoms with Crippen LogP contribution in [0, 0.1) is 0 Å². The van der Waals surface area contributed by atoms with Crippen molar-refractivity contribution < 1.29 is 13.2 Å². The van der Waals surface area contributed by atoms with E-state index in [4.69, 9.17) is 11.6 Å². The molecular weight excluding hydrogens is 375 g/mol. The van der Waals surface area contributed by atoms with Crippen molar-refractivity contribution in [3.63, 3.8) is 0 Å². The van der Waals surface area contributed by atoms with E-state index >= 15 is 0 Å². The molecule has 2 aromatic rings. The Morgan fingerprint density at radius 1 is 1.32 bits per heavy atom. The topological polar surface area (TPSA) is 61.9 Å². The Labute approximate surface area is 152 Å². The molecule has 0 spiro atoms. The molecule has 1 atom stereocenters. The molecule has 0 unspecified atom stereocenters. The number of pyridine rings is 1. The lowest BCUT2D eigenvalue weighted by molar-refractivity contribution is -0.137. The van der Waals surface area contributed by atoms with Gasteiger partial charge in [-0.2, -0.15) is 13.2 Å². The molecule has 0 aliphatic carbocycles. The van der Waals surface area contributed by atoms with Crippen LogP contribution in [0.5, 0.6) is 0 Å². The summed E-state index contributed by atoms with van der Waals surface area (Å²) >= 11 is 7.03. The van der Waals surface area contributed by atoms with E-state index in [-0.39, 0.29) is 5.82 Å². The fraction of sp³-hybridized carbons (Fsp3) is 0.467. The Morgan fingerprint density at radius 3 is 2.88 bits per heavy atom. The average molecular weight is 392 g/mol. The normalized spacial score (nSPS) is 18.2. The summed E-state index contributed by atoms with van der Waals surface area (Å²) in [5.74, 6) is 0.121. The van der Waals surface area contributed by atoms with Gasteiger partial charge in [-0.25, -0.2) is 9.97 Å². The summed E-state index contributed by atoms with van der Waals surface area (Å²) in [4.78, 5) is 9.10. The standard InChI is InChI=1S/C15H17ClF3N5S/c16-12-8-22-13(4-11(12)15(17,18)19)21-6-10-7-23-14(25-10)24-9-2-1-3-20-5-9/h4,7-9,20H,1-3,5-6H2,(H,21,22)(H,23,24)/t9-/m1/s1. The summed E-state index contributed by atoms with van der Waals surface area (Å²) in [6.07, 6.45) is 0.418. The van der Waals surface area contributed by atoms with Gasteiger partial charge >= 0.3 is 6.18 Å². The van der Waals surface area contributed by atoms with E-state index in [9.17, 15) is 13.2 Å². The second-order valence-corrected chi connectivity index (χ2v) is 7.24. The lowest BCUT2D eigenvalue weighted by Gasteiger charge is -2.23. The summed E-state index contributed by atoms with van der Waals surface area (Å²) in [5, 5.41) is 9.97. The maximum Gasteiger partial charge on any atom is 0.418 e. The van der Waals surface area contributed by atoms with Gasteiger partial charge in [-0.15, -0.1) is 11.3 Å². The van der Waals surface area contributed by atoms with E-state index < -0.39 is 16.8 Å². The maximum atomic E-state index is 12.9. The molecule has 2 aromatic heterocycles. The summed E-state index contributed by atoms with van der Waals surface area (Å²) < 4.78 is 38.6. The molecule has 1 saturated heterocycles. The zero-order valence-electron chi connectivity index (χ0n) is 13.2. The van der Waals surface area contributed by atoms with Crippen LogP contribution in [-0.4, -0.2) is 29.1 Å². The number of hydrogen-bond acceptors (Lipinski definition) is 6. The van der Waals surface area contributed by atoms with E-state index in [0.29, 0.717) is 12.6 Å². The van der Waals surface area contributed by atoms with Crippen LogP contribution in [0.3, 0.4) is 0 Å². The predicted octanol–water partition coefficient (Wildman–Crippen LogP) is 3.99. The maximum absolute atomic E-state index is 12.9. The molecule has 0 amide bonds. The number of hydrogen-bond donors (Lipinski definition) is 3. The largest absolute Gasteiger partial charge is 0.418 e. The molecule has 5 nitrogen and oxygen atoms in total. The van der Waals surface area contributed by atoms with Crippen LogP contribution in [0.4, 0.5) is 24.1 Å². The molecule has 1 fully saturated rings. The molecule has 1 aliphatic rings. The van der Waals surface area contributed by atoms with Gasteiger partial charge in [0.15, 0.2) is 5.13 Å². The first-order valence-corrected chi connectivity index (χ1v) is 9.00. The van der Waals surface area contributed by atoms with E-state index in [1.54, 1.807) is 6.20 Å². The molecule has 10 heteroatoms. The fourth-order valence-electron chi connectivity index (χ4n) is 2.54. The van der Waals surface area contributed by atoms with Gasteiger partial charge in [-0.3, -0.25) is 0 Å². The lowest BCUT2D eigenvalue weighted by Crippen LogP contribution is -2.38. The number of nitrogens with one attached hydrogen (secondary N) is 3. The van der Waals surface area contributed by atoms with Crippen molar-refractivity contribution in [2.75, 3.05) is 23.7 Å². The molecular formula is C15H17ClF3N5S. The van der Waals surface area contributed by atoms with E-state index in [1.165, 1.54) is 11.3 Å².